The van der Waals surface area contributed by atoms with Crippen molar-refractivity contribution in [3.63, 3.8) is 0 Å². The van der Waals surface area contributed by atoms with E-state index in [1.807, 2.05) is 12.1 Å². The molecule has 0 bridgehead atoms. The molecule has 3 heterocycles. The summed E-state index contributed by atoms with van der Waals surface area (Å²) >= 11 is 0. The number of carboxylic acid groups (broad SMARTS) is 1. The van der Waals surface area contributed by atoms with E-state index >= 15 is 0 Å². The van der Waals surface area contributed by atoms with Gasteiger partial charge in [0, 0.05) is 24.1 Å². The largest absolute Gasteiger partial charge is 0.490 e. The number of amides is 3. The van der Waals surface area contributed by atoms with Crippen molar-refractivity contribution in [1.82, 2.24) is 15.5 Å². The molecule has 9 nitrogen and oxygen atoms in total. The number of nitrogens with zero attached hydrogens (tertiary/aromatic N) is 1. The van der Waals surface area contributed by atoms with Crippen LogP contribution in [-0.4, -0.2) is 71.7 Å². The molecule has 1 atom stereocenters. The lowest BCUT2D eigenvalue weighted by Crippen LogP contribution is -2.52. The van der Waals surface area contributed by atoms with E-state index in [0.29, 0.717) is 25.1 Å². The van der Waals surface area contributed by atoms with Crippen LogP contribution in [0, 0.1) is 11.8 Å². The van der Waals surface area contributed by atoms with Crippen molar-refractivity contribution in [3.05, 3.63) is 34.9 Å². The quantitative estimate of drug-likeness (QED) is 0.425. The summed E-state index contributed by atoms with van der Waals surface area (Å²) in [5.41, 5.74) is 2.21. The van der Waals surface area contributed by atoms with E-state index in [1.54, 1.807) is 11.0 Å². The molecule has 1 unspecified atom stereocenters. The van der Waals surface area contributed by atoms with E-state index < -0.39 is 24.1 Å². The van der Waals surface area contributed by atoms with Gasteiger partial charge in [-0.2, -0.15) is 13.2 Å². The van der Waals surface area contributed by atoms with Crippen LogP contribution in [0.3, 0.4) is 0 Å². The van der Waals surface area contributed by atoms with Gasteiger partial charge >= 0.3 is 12.1 Å². The zero-order valence-electron chi connectivity index (χ0n) is 18.6. The average Bonchev–Trinajstić information content (AvgIpc) is 3.14. The summed E-state index contributed by atoms with van der Waals surface area (Å²) in [6, 6.07) is 4.85. The summed E-state index contributed by atoms with van der Waals surface area (Å²) in [4.78, 5) is 46.8. The fourth-order valence-corrected chi connectivity index (χ4v) is 3.96. The lowest BCUT2D eigenvalue weighted by Gasteiger charge is -2.29. The Labute approximate surface area is 199 Å². The molecule has 188 valence electrons. The van der Waals surface area contributed by atoms with Crippen LogP contribution in [0.2, 0.25) is 0 Å². The normalized spacial score (nSPS) is 20.3. The van der Waals surface area contributed by atoms with Gasteiger partial charge in [-0.25, -0.2) is 4.79 Å². The van der Waals surface area contributed by atoms with Crippen molar-refractivity contribution in [2.45, 2.75) is 50.6 Å². The zero-order valence-corrected chi connectivity index (χ0v) is 18.6. The molecule has 3 aliphatic rings. The van der Waals surface area contributed by atoms with Crippen LogP contribution >= 0.6 is 0 Å². The molecule has 4 rings (SSSR count). The summed E-state index contributed by atoms with van der Waals surface area (Å²) < 4.78 is 37.5. The average molecular weight is 495 g/mol. The third kappa shape index (κ3) is 6.80. The van der Waals surface area contributed by atoms with Gasteiger partial charge in [0.25, 0.3) is 5.91 Å². The highest BCUT2D eigenvalue weighted by molar-refractivity contribution is 6.05. The highest BCUT2D eigenvalue weighted by Crippen LogP contribution is 2.29. The van der Waals surface area contributed by atoms with Gasteiger partial charge in [0.15, 0.2) is 0 Å². The molecule has 2 fully saturated rings. The Morgan fingerprint density at radius 2 is 1.86 bits per heavy atom. The first-order valence-electron chi connectivity index (χ1n) is 11.0. The van der Waals surface area contributed by atoms with Gasteiger partial charge in [0.1, 0.15) is 12.6 Å². The molecule has 3 amide bonds. The number of nitrogens with one attached hydrogen (secondary N) is 2. The van der Waals surface area contributed by atoms with Crippen LogP contribution in [0.5, 0.6) is 0 Å². The minimum absolute atomic E-state index is 0.181. The topological polar surface area (TPSA) is 125 Å². The van der Waals surface area contributed by atoms with E-state index in [1.165, 1.54) is 0 Å². The summed E-state index contributed by atoms with van der Waals surface area (Å²) in [5, 5.41) is 12.7. The highest BCUT2D eigenvalue weighted by Gasteiger charge is 2.40. The molecule has 12 heteroatoms. The van der Waals surface area contributed by atoms with Gasteiger partial charge in [-0.3, -0.25) is 19.7 Å². The minimum Gasteiger partial charge on any atom is -0.475 e. The zero-order chi connectivity index (χ0) is 25.6. The van der Waals surface area contributed by atoms with Crippen LogP contribution in [0.1, 0.15) is 47.2 Å². The van der Waals surface area contributed by atoms with Crippen LogP contribution in [0.4, 0.5) is 13.2 Å². The predicted octanol–water partition coefficient (Wildman–Crippen LogP) is 1.20. The van der Waals surface area contributed by atoms with Gasteiger partial charge in [0.2, 0.25) is 11.8 Å². The van der Waals surface area contributed by atoms with Crippen LogP contribution in [-0.2, 0) is 25.7 Å². The number of carbonyl (C=O) groups is 4. The number of alkyl halides is 3. The number of carbonyl (C=O) groups excluding carboxylic acids is 3. The summed E-state index contributed by atoms with van der Waals surface area (Å²) in [5.74, 6) is 2.55. The maximum Gasteiger partial charge on any atom is 0.490 e. The van der Waals surface area contributed by atoms with E-state index in [9.17, 15) is 27.6 Å². The fourth-order valence-electron chi connectivity index (χ4n) is 3.96. The number of aliphatic carboxylic acids is 1. The predicted molar refractivity (Wildman–Crippen MR) is 115 cm³/mol. The molecule has 3 N–H and O–H groups in total. The van der Waals surface area contributed by atoms with E-state index in [2.05, 4.69) is 22.5 Å². The van der Waals surface area contributed by atoms with Crippen molar-refractivity contribution in [2.75, 3.05) is 19.7 Å². The molecule has 2 saturated heterocycles. The summed E-state index contributed by atoms with van der Waals surface area (Å²) in [7, 11) is 0. The Balaban J connectivity index is 0.000000429. The second kappa shape index (κ2) is 11.3. The number of hydrogen-bond donors (Lipinski definition) is 3. The maximum atomic E-state index is 12.8. The van der Waals surface area contributed by atoms with Crippen molar-refractivity contribution in [3.8, 4) is 11.8 Å². The van der Waals surface area contributed by atoms with E-state index in [-0.39, 0.29) is 24.3 Å². The Morgan fingerprint density at radius 3 is 2.49 bits per heavy atom. The Morgan fingerprint density at radius 1 is 1.17 bits per heavy atom. The molecule has 0 radical (unpaired) electrons. The Hall–Kier alpha value is -3.43. The molecule has 3 aliphatic heterocycles. The first kappa shape index (κ1) is 26.2. The molecule has 1 aromatic rings. The minimum atomic E-state index is -5.08. The molecule has 0 aromatic heterocycles. The number of hydrogen-bond acceptors (Lipinski definition) is 6. The van der Waals surface area contributed by atoms with E-state index in [4.69, 9.17) is 14.6 Å². The van der Waals surface area contributed by atoms with E-state index in [0.717, 1.165) is 37.1 Å². The molecule has 0 aliphatic carbocycles. The van der Waals surface area contributed by atoms with Crippen molar-refractivity contribution < 1.29 is 42.2 Å². The van der Waals surface area contributed by atoms with Crippen molar-refractivity contribution in [1.29, 1.82) is 0 Å². The number of imide groups is 1. The lowest BCUT2D eigenvalue weighted by atomic mass is 10.0. The molecule has 0 spiro atoms. The molecule has 35 heavy (non-hydrogen) atoms. The third-order valence-electron chi connectivity index (χ3n) is 5.73. The van der Waals surface area contributed by atoms with Gasteiger partial charge in [-0.05, 0) is 50.0 Å². The first-order chi connectivity index (χ1) is 16.6. The van der Waals surface area contributed by atoms with Crippen LogP contribution < -0.4 is 10.6 Å². The van der Waals surface area contributed by atoms with Crippen molar-refractivity contribution >= 4 is 23.7 Å². The number of carboxylic acids is 1. The van der Waals surface area contributed by atoms with Gasteiger partial charge in [-0.1, -0.05) is 17.9 Å². The molecule has 0 saturated carbocycles. The van der Waals surface area contributed by atoms with Gasteiger partial charge in [-0.15, -0.1) is 0 Å². The Bertz CT molecular complexity index is 1060. The number of rotatable bonds is 3. The smallest absolute Gasteiger partial charge is 0.475 e. The third-order valence-corrected chi connectivity index (χ3v) is 5.73. The second-order valence-corrected chi connectivity index (χ2v) is 8.10. The standard InChI is InChI=1S/C21H23N3O4.C2HF3O2/c25-19-7-6-18(20(26)23-19)24-13-17-14(3-1-5-16(17)21(24)27)4-2-12-28-15-8-10-22-11-9-15;3-2(4,5)1(6)7/h1,3,5,15,18,22H,6-13H2,(H,23,25,26);(H,6,7). The van der Waals surface area contributed by atoms with Crippen LogP contribution in [0.15, 0.2) is 18.2 Å². The number of benzene rings is 1. The Kier molecular flexibility index (Phi) is 8.48. The fraction of sp³-hybridized carbons (Fsp3) is 0.478. The van der Waals surface area contributed by atoms with Crippen LogP contribution in [0.25, 0.3) is 0 Å². The number of halogens is 3. The number of fused-ring (bicyclic) bond motifs is 1. The molecular weight excluding hydrogens is 471 g/mol. The summed E-state index contributed by atoms with van der Waals surface area (Å²) in [6.45, 7) is 2.64. The monoisotopic (exact) mass is 495 g/mol. The second-order valence-electron chi connectivity index (χ2n) is 8.10. The number of piperidine rings is 2. The SMILES string of the molecule is O=C(O)C(F)(F)F.O=C1CCC(N2Cc3c(C#CCOC4CCNCC4)cccc3C2=O)C(=O)N1. The molecular formula is C23H24F3N3O6. The first-order valence-corrected chi connectivity index (χ1v) is 11.0. The lowest BCUT2D eigenvalue weighted by molar-refractivity contribution is -0.192. The number of ether oxygens (including phenoxy) is 1. The highest BCUT2D eigenvalue weighted by atomic mass is 19.4. The van der Waals surface area contributed by atoms with Gasteiger partial charge in [0.05, 0.1) is 6.10 Å². The van der Waals surface area contributed by atoms with Gasteiger partial charge < -0.3 is 20.1 Å². The van der Waals surface area contributed by atoms with Crippen molar-refractivity contribution in [2.24, 2.45) is 0 Å². The maximum absolute atomic E-state index is 12.8. The molecule has 1 aromatic carbocycles. The summed E-state index contributed by atoms with van der Waals surface area (Å²) in [6.07, 6.45) is -2.23.